The van der Waals surface area contributed by atoms with Gasteiger partial charge in [0, 0.05) is 31.6 Å². The summed E-state index contributed by atoms with van der Waals surface area (Å²) in [6.45, 7) is 0.919. The van der Waals surface area contributed by atoms with Crippen LogP contribution >= 0.6 is 0 Å². The summed E-state index contributed by atoms with van der Waals surface area (Å²) in [5.41, 5.74) is 6.22. The van der Waals surface area contributed by atoms with Crippen LogP contribution in [0.25, 0.3) is 0 Å². The lowest BCUT2D eigenvalue weighted by Crippen LogP contribution is -2.44. The smallest absolute Gasteiger partial charge is 0.223 e. The standard InChI is InChI=1S/C21H29F3N2O3S/c22-17-13-19(24)18(23)11-15(17)12-20(25)14-5-8-26(9-6-14)21(27)7-10-30(28,29)16-3-1-2-4-16/h11,13-14,16,20H,1-10,12,25H2. The molecular formula is C21H29F3N2O3S. The maximum atomic E-state index is 13.9. The molecule has 2 fully saturated rings. The van der Waals surface area contributed by atoms with Crippen LogP contribution in [0, 0.1) is 23.4 Å². The van der Waals surface area contributed by atoms with Crippen LogP contribution in [0.2, 0.25) is 0 Å². The van der Waals surface area contributed by atoms with E-state index in [4.69, 9.17) is 5.73 Å². The first-order valence-electron chi connectivity index (χ1n) is 10.6. The number of hydrogen-bond acceptors (Lipinski definition) is 4. The van der Waals surface area contributed by atoms with Crippen LogP contribution in [0.3, 0.4) is 0 Å². The van der Waals surface area contributed by atoms with Gasteiger partial charge in [-0.3, -0.25) is 4.79 Å². The highest BCUT2D eigenvalue weighted by Crippen LogP contribution is 2.27. The zero-order valence-electron chi connectivity index (χ0n) is 17.0. The SMILES string of the molecule is NC(Cc1cc(F)c(F)cc1F)C1CCN(C(=O)CCS(=O)(=O)C2CCCC2)CC1. The highest BCUT2D eigenvalue weighted by Gasteiger charge is 2.31. The molecule has 30 heavy (non-hydrogen) atoms. The Morgan fingerprint density at radius 1 is 1.03 bits per heavy atom. The van der Waals surface area contributed by atoms with Gasteiger partial charge in [0.1, 0.15) is 5.82 Å². The van der Waals surface area contributed by atoms with Crippen LogP contribution < -0.4 is 5.73 Å². The molecule has 1 aromatic carbocycles. The fourth-order valence-electron chi connectivity index (χ4n) is 4.52. The molecule has 9 heteroatoms. The van der Waals surface area contributed by atoms with E-state index in [-0.39, 0.29) is 41.2 Å². The number of carbonyl (C=O) groups excluding carboxylic acids is 1. The Bertz CT molecular complexity index is 864. The van der Waals surface area contributed by atoms with Crippen molar-refractivity contribution in [1.29, 1.82) is 0 Å². The molecule has 0 radical (unpaired) electrons. The fourth-order valence-corrected chi connectivity index (χ4v) is 6.36. The quantitative estimate of drug-likeness (QED) is 0.653. The van der Waals surface area contributed by atoms with Crippen molar-refractivity contribution < 1.29 is 26.4 Å². The van der Waals surface area contributed by atoms with Crippen LogP contribution in [0.15, 0.2) is 12.1 Å². The van der Waals surface area contributed by atoms with E-state index in [0.717, 1.165) is 18.9 Å². The number of rotatable bonds is 7. The Balaban J connectivity index is 1.47. The Morgan fingerprint density at radius 3 is 2.27 bits per heavy atom. The van der Waals surface area contributed by atoms with Gasteiger partial charge in [-0.2, -0.15) is 0 Å². The summed E-state index contributed by atoms with van der Waals surface area (Å²) in [6.07, 6.45) is 4.54. The second-order valence-corrected chi connectivity index (χ2v) is 10.9. The summed E-state index contributed by atoms with van der Waals surface area (Å²) >= 11 is 0. The third-order valence-electron chi connectivity index (χ3n) is 6.45. The number of piperidine rings is 1. The number of sulfone groups is 1. The number of halogens is 3. The lowest BCUT2D eigenvalue weighted by Gasteiger charge is -2.35. The lowest BCUT2D eigenvalue weighted by atomic mass is 9.86. The van der Waals surface area contributed by atoms with Crippen molar-refractivity contribution in [3.8, 4) is 0 Å². The minimum atomic E-state index is -3.22. The number of carbonyl (C=O) groups is 1. The van der Waals surface area contributed by atoms with Crippen LogP contribution in [-0.2, 0) is 21.1 Å². The summed E-state index contributed by atoms with van der Waals surface area (Å²) in [6, 6.07) is 0.927. The zero-order valence-corrected chi connectivity index (χ0v) is 17.8. The molecule has 5 nitrogen and oxygen atoms in total. The number of nitrogens with zero attached hydrogens (tertiary/aromatic N) is 1. The Labute approximate surface area is 175 Å². The number of benzene rings is 1. The first kappa shape index (κ1) is 23.1. The van der Waals surface area contributed by atoms with Crippen molar-refractivity contribution in [3.05, 3.63) is 35.1 Å². The molecule has 2 aliphatic rings. The van der Waals surface area contributed by atoms with Gasteiger partial charge in [0.05, 0.1) is 11.0 Å². The van der Waals surface area contributed by atoms with Crippen molar-refractivity contribution in [2.75, 3.05) is 18.8 Å². The van der Waals surface area contributed by atoms with Gasteiger partial charge in [0.25, 0.3) is 0 Å². The van der Waals surface area contributed by atoms with E-state index in [1.54, 1.807) is 4.90 Å². The minimum Gasteiger partial charge on any atom is -0.343 e. The Kier molecular flexibility index (Phi) is 7.44. The summed E-state index contributed by atoms with van der Waals surface area (Å²) in [4.78, 5) is 14.1. The second-order valence-electron chi connectivity index (χ2n) is 8.47. The minimum absolute atomic E-state index is 0.00434. The zero-order chi connectivity index (χ0) is 21.9. The molecule has 0 aromatic heterocycles. The van der Waals surface area contributed by atoms with E-state index in [1.807, 2.05) is 0 Å². The Morgan fingerprint density at radius 2 is 1.63 bits per heavy atom. The summed E-state index contributed by atoms with van der Waals surface area (Å²) in [7, 11) is -3.22. The highest BCUT2D eigenvalue weighted by atomic mass is 32.2. The van der Waals surface area contributed by atoms with Gasteiger partial charge < -0.3 is 10.6 Å². The van der Waals surface area contributed by atoms with Gasteiger partial charge in [-0.15, -0.1) is 0 Å². The van der Waals surface area contributed by atoms with Crippen LogP contribution in [0.1, 0.15) is 50.5 Å². The Hall–Kier alpha value is -1.61. The fraction of sp³-hybridized carbons (Fsp3) is 0.667. The van der Waals surface area contributed by atoms with Crippen LogP contribution in [-0.4, -0.2) is 49.4 Å². The van der Waals surface area contributed by atoms with Gasteiger partial charge in [-0.1, -0.05) is 12.8 Å². The number of amides is 1. The molecule has 1 saturated heterocycles. The third-order valence-corrected chi connectivity index (χ3v) is 8.71. The van der Waals surface area contributed by atoms with Gasteiger partial charge in [0.2, 0.25) is 5.91 Å². The predicted molar refractivity (Wildman–Crippen MR) is 108 cm³/mol. The maximum Gasteiger partial charge on any atom is 0.223 e. The van der Waals surface area contributed by atoms with E-state index in [2.05, 4.69) is 0 Å². The normalized spacial score (nSPS) is 19.9. The van der Waals surface area contributed by atoms with Crippen LogP contribution in [0.4, 0.5) is 13.2 Å². The van der Waals surface area contributed by atoms with Crippen LogP contribution in [0.5, 0.6) is 0 Å². The molecule has 1 saturated carbocycles. The molecule has 2 N–H and O–H groups in total. The average molecular weight is 447 g/mol. The molecule has 1 heterocycles. The predicted octanol–water partition coefficient (Wildman–Crippen LogP) is 2.96. The van der Waals surface area contributed by atoms with E-state index in [1.165, 1.54) is 0 Å². The van der Waals surface area contributed by atoms with Crippen molar-refractivity contribution in [2.24, 2.45) is 11.7 Å². The summed E-state index contributed by atoms with van der Waals surface area (Å²) in [5.74, 6) is -3.41. The molecule has 1 atom stereocenters. The molecule has 1 aliphatic carbocycles. The van der Waals surface area contributed by atoms with Crippen molar-refractivity contribution in [2.45, 2.75) is 62.7 Å². The molecule has 1 aliphatic heterocycles. The third kappa shape index (κ3) is 5.55. The monoisotopic (exact) mass is 446 g/mol. The van der Waals surface area contributed by atoms with Crippen molar-refractivity contribution in [1.82, 2.24) is 4.90 Å². The van der Waals surface area contributed by atoms with Crippen molar-refractivity contribution in [3.63, 3.8) is 0 Å². The number of likely N-dealkylation sites (tertiary alicyclic amines) is 1. The van der Waals surface area contributed by atoms with E-state index in [0.29, 0.717) is 44.8 Å². The molecule has 0 bridgehead atoms. The first-order valence-corrected chi connectivity index (χ1v) is 12.3. The molecule has 168 valence electrons. The maximum absolute atomic E-state index is 13.9. The van der Waals surface area contributed by atoms with Gasteiger partial charge in [-0.05, 0) is 49.7 Å². The molecule has 3 rings (SSSR count). The molecule has 1 aromatic rings. The lowest BCUT2D eigenvalue weighted by molar-refractivity contribution is -0.132. The molecule has 0 spiro atoms. The largest absolute Gasteiger partial charge is 0.343 e. The number of nitrogens with two attached hydrogens (primary N) is 1. The second kappa shape index (κ2) is 9.68. The van der Waals surface area contributed by atoms with E-state index < -0.39 is 33.3 Å². The van der Waals surface area contributed by atoms with Crippen molar-refractivity contribution >= 4 is 15.7 Å². The van der Waals surface area contributed by atoms with E-state index >= 15 is 0 Å². The molecular weight excluding hydrogens is 417 g/mol. The van der Waals surface area contributed by atoms with Gasteiger partial charge in [-0.25, -0.2) is 21.6 Å². The topological polar surface area (TPSA) is 80.5 Å². The number of hydrogen-bond donors (Lipinski definition) is 1. The molecule has 1 unspecified atom stereocenters. The summed E-state index contributed by atoms with van der Waals surface area (Å²) < 4.78 is 65.0. The molecule has 1 amide bonds. The first-order chi connectivity index (χ1) is 14.2. The van der Waals surface area contributed by atoms with E-state index in [9.17, 15) is 26.4 Å². The highest BCUT2D eigenvalue weighted by molar-refractivity contribution is 7.92. The average Bonchev–Trinajstić information content (AvgIpc) is 3.26. The summed E-state index contributed by atoms with van der Waals surface area (Å²) in [5, 5.41) is -0.300. The van der Waals surface area contributed by atoms with Gasteiger partial charge in [0.15, 0.2) is 21.5 Å². The van der Waals surface area contributed by atoms with Gasteiger partial charge >= 0.3 is 0 Å².